The number of aryl methyl sites for hydroxylation is 1. The van der Waals surface area contributed by atoms with E-state index in [0.29, 0.717) is 11.7 Å². The van der Waals surface area contributed by atoms with Crippen LogP contribution in [0.15, 0.2) is 18.2 Å². The van der Waals surface area contributed by atoms with Crippen molar-refractivity contribution in [2.45, 2.75) is 39.7 Å². The molecule has 0 unspecified atom stereocenters. The van der Waals surface area contributed by atoms with Crippen molar-refractivity contribution in [3.8, 4) is 5.75 Å². The summed E-state index contributed by atoms with van der Waals surface area (Å²) < 4.78 is 10.3. The molecule has 1 aromatic carbocycles. The van der Waals surface area contributed by atoms with Gasteiger partial charge in [-0.25, -0.2) is 4.79 Å². The lowest BCUT2D eigenvalue weighted by molar-refractivity contribution is 0.0600. The molecule has 3 nitrogen and oxygen atoms in total. The second kappa shape index (κ2) is 6.28. The summed E-state index contributed by atoms with van der Waals surface area (Å²) in [4.78, 5) is 11.2. The SMILES string of the molecule is CC.COC(=O)c1ccc(OC2CC2)c(C)c1. The first kappa shape index (κ1) is 13.6. The molecule has 0 N–H and O–H groups in total. The summed E-state index contributed by atoms with van der Waals surface area (Å²) in [6.45, 7) is 5.93. The fraction of sp³-hybridized carbons (Fsp3) is 0.500. The van der Waals surface area contributed by atoms with E-state index in [1.54, 1.807) is 12.1 Å². The maximum Gasteiger partial charge on any atom is 0.337 e. The van der Waals surface area contributed by atoms with Crippen LogP contribution in [-0.2, 0) is 4.74 Å². The Morgan fingerprint density at radius 2 is 1.94 bits per heavy atom. The summed E-state index contributed by atoms with van der Waals surface area (Å²) in [7, 11) is 1.38. The first-order chi connectivity index (χ1) is 8.20. The van der Waals surface area contributed by atoms with Gasteiger partial charge >= 0.3 is 5.97 Å². The third kappa shape index (κ3) is 3.77. The van der Waals surface area contributed by atoms with Crippen LogP contribution in [0.1, 0.15) is 42.6 Å². The molecule has 0 spiro atoms. The standard InChI is InChI=1S/C12H14O3.C2H6/c1-8-7-9(12(13)14-2)3-6-11(8)15-10-4-5-10;1-2/h3,6-7,10H,4-5H2,1-2H3;1-2H3. The summed E-state index contributed by atoms with van der Waals surface area (Å²) in [6, 6.07) is 5.36. The van der Waals surface area contributed by atoms with E-state index in [2.05, 4.69) is 4.74 Å². The maximum atomic E-state index is 11.2. The van der Waals surface area contributed by atoms with Crippen LogP contribution in [0.3, 0.4) is 0 Å². The lowest BCUT2D eigenvalue weighted by atomic mass is 10.1. The second-order valence-electron chi connectivity index (χ2n) is 3.79. The Labute approximate surface area is 103 Å². The average Bonchev–Trinajstić information content (AvgIpc) is 3.17. The Morgan fingerprint density at radius 1 is 1.29 bits per heavy atom. The monoisotopic (exact) mass is 236 g/mol. The molecule has 0 heterocycles. The van der Waals surface area contributed by atoms with E-state index in [0.717, 1.165) is 24.2 Å². The van der Waals surface area contributed by atoms with E-state index in [-0.39, 0.29) is 5.97 Å². The molecule has 1 aliphatic rings. The average molecular weight is 236 g/mol. The summed E-state index contributed by atoms with van der Waals surface area (Å²) in [5.74, 6) is 0.557. The Morgan fingerprint density at radius 3 is 2.41 bits per heavy atom. The van der Waals surface area contributed by atoms with Crippen molar-refractivity contribution >= 4 is 5.97 Å². The lowest BCUT2D eigenvalue weighted by Gasteiger charge is -2.08. The molecule has 0 bridgehead atoms. The molecule has 17 heavy (non-hydrogen) atoms. The van der Waals surface area contributed by atoms with Crippen molar-refractivity contribution in [3.05, 3.63) is 29.3 Å². The topological polar surface area (TPSA) is 35.5 Å². The maximum absolute atomic E-state index is 11.2. The van der Waals surface area contributed by atoms with Crippen LogP contribution >= 0.6 is 0 Å². The van der Waals surface area contributed by atoms with Crippen LogP contribution in [0, 0.1) is 6.92 Å². The van der Waals surface area contributed by atoms with Gasteiger partial charge in [0.2, 0.25) is 0 Å². The van der Waals surface area contributed by atoms with Crippen molar-refractivity contribution in [1.82, 2.24) is 0 Å². The van der Waals surface area contributed by atoms with Crippen molar-refractivity contribution in [3.63, 3.8) is 0 Å². The first-order valence-electron chi connectivity index (χ1n) is 6.06. The van der Waals surface area contributed by atoms with E-state index < -0.39 is 0 Å². The fourth-order valence-corrected chi connectivity index (χ4v) is 1.39. The van der Waals surface area contributed by atoms with Crippen molar-refractivity contribution in [2.75, 3.05) is 7.11 Å². The predicted octanol–water partition coefficient (Wildman–Crippen LogP) is 3.35. The zero-order valence-electron chi connectivity index (χ0n) is 10.9. The van der Waals surface area contributed by atoms with E-state index in [4.69, 9.17) is 4.74 Å². The Balaban J connectivity index is 0.000000686. The molecule has 1 fully saturated rings. The fourth-order valence-electron chi connectivity index (χ4n) is 1.39. The van der Waals surface area contributed by atoms with Crippen LogP contribution in [0.2, 0.25) is 0 Å². The zero-order valence-corrected chi connectivity index (χ0v) is 10.9. The molecule has 1 aromatic rings. The third-order valence-electron chi connectivity index (χ3n) is 2.41. The number of carbonyl (C=O) groups excluding carboxylic acids is 1. The molecule has 1 saturated carbocycles. The molecular formula is C14H20O3. The van der Waals surface area contributed by atoms with Gasteiger partial charge in [-0.2, -0.15) is 0 Å². The number of methoxy groups -OCH3 is 1. The van der Waals surface area contributed by atoms with Gasteiger partial charge in [0.15, 0.2) is 0 Å². The summed E-state index contributed by atoms with van der Waals surface area (Å²) in [6.07, 6.45) is 2.66. The minimum atomic E-state index is -0.309. The van der Waals surface area contributed by atoms with Crippen LogP contribution in [0.4, 0.5) is 0 Å². The third-order valence-corrected chi connectivity index (χ3v) is 2.41. The molecule has 0 radical (unpaired) electrons. The summed E-state index contributed by atoms with van der Waals surface area (Å²) in [5, 5.41) is 0. The van der Waals surface area contributed by atoms with E-state index in [9.17, 15) is 4.79 Å². The Bertz CT molecular complexity index is 381. The smallest absolute Gasteiger partial charge is 0.337 e. The van der Waals surface area contributed by atoms with E-state index in [1.165, 1.54) is 7.11 Å². The van der Waals surface area contributed by atoms with Gasteiger partial charge < -0.3 is 9.47 Å². The highest BCUT2D eigenvalue weighted by molar-refractivity contribution is 5.89. The molecule has 3 heteroatoms. The minimum absolute atomic E-state index is 0.309. The molecule has 0 saturated heterocycles. The van der Waals surface area contributed by atoms with Crippen molar-refractivity contribution in [1.29, 1.82) is 0 Å². The number of benzene rings is 1. The summed E-state index contributed by atoms with van der Waals surface area (Å²) >= 11 is 0. The molecule has 0 amide bonds. The zero-order chi connectivity index (χ0) is 12.8. The largest absolute Gasteiger partial charge is 0.490 e. The molecule has 0 aromatic heterocycles. The highest BCUT2D eigenvalue weighted by Gasteiger charge is 2.24. The molecule has 0 atom stereocenters. The number of hydrogen-bond acceptors (Lipinski definition) is 3. The van der Waals surface area contributed by atoms with Gasteiger partial charge in [0, 0.05) is 0 Å². The van der Waals surface area contributed by atoms with Gasteiger partial charge in [0.05, 0.1) is 18.8 Å². The molecular weight excluding hydrogens is 216 g/mol. The van der Waals surface area contributed by atoms with Gasteiger partial charge in [-0.3, -0.25) is 0 Å². The number of hydrogen-bond donors (Lipinski definition) is 0. The highest BCUT2D eigenvalue weighted by Crippen LogP contribution is 2.29. The van der Waals surface area contributed by atoms with Crippen molar-refractivity contribution in [2.24, 2.45) is 0 Å². The normalized spacial score (nSPS) is 13.4. The van der Waals surface area contributed by atoms with Crippen LogP contribution < -0.4 is 4.74 Å². The Kier molecular flexibility index (Phi) is 5.01. The molecule has 0 aliphatic heterocycles. The van der Waals surface area contributed by atoms with Gasteiger partial charge in [-0.05, 0) is 43.5 Å². The van der Waals surface area contributed by atoms with Crippen LogP contribution in [0.5, 0.6) is 5.75 Å². The second-order valence-corrected chi connectivity index (χ2v) is 3.79. The number of esters is 1. The van der Waals surface area contributed by atoms with E-state index in [1.807, 2.05) is 26.8 Å². The molecule has 1 aliphatic carbocycles. The molecule has 94 valence electrons. The number of ether oxygens (including phenoxy) is 2. The van der Waals surface area contributed by atoms with Crippen molar-refractivity contribution < 1.29 is 14.3 Å². The predicted molar refractivity (Wildman–Crippen MR) is 67.5 cm³/mol. The van der Waals surface area contributed by atoms with Gasteiger partial charge in [-0.1, -0.05) is 13.8 Å². The van der Waals surface area contributed by atoms with Gasteiger partial charge in [-0.15, -0.1) is 0 Å². The highest BCUT2D eigenvalue weighted by atomic mass is 16.5. The number of rotatable bonds is 3. The molecule has 2 rings (SSSR count). The lowest BCUT2D eigenvalue weighted by Crippen LogP contribution is -2.03. The Hall–Kier alpha value is -1.51. The van der Waals surface area contributed by atoms with Gasteiger partial charge in [0.25, 0.3) is 0 Å². The quantitative estimate of drug-likeness (QED) is 0.755. The van der Waals surface area contributed by atoms with Crippen LogP contribution in [0.25, 0.3) is 0 Å². The summed E-state index contributed by atoms with van der Waals surface area (Å²) in [5.41, 5.74) is 1.54. The first-order valence-corrected chi connectivity index (χ1v) is 6.06. The van der Waals surface area contributed by atoms with E-state index >= 15 is 0 Å². The number of carbonyl (C=O) groups is 1. The minimum Gasteiger partial charge on any atom is -0.490 e. The van der Waals surface area contributed by atoms with Gasteiger partial charge in [0.1, 0.15) is 5.75 Å². The van der Waals surface area contributed by atoms with Crippen LogP contribution in [-0.4, -0.2) is 19.2 Å².